The van der Waals surface area contributed by atoms with Crippen molar-refractivity contribution in [3.8, 4) is 0 Å². The molecule has 2 atom stereocenters. The Kier molecular flexibility index (Phi) is 5.69. The molecule has 0 saturated carbocycles. The number of carbonyl (C=O) groups is 2. The summed E-state index contributed by atoms with van der Waals surface area (Å²) in [6.07, 6.45) is 3.32. The van der Waals surface area contributed by atoms with Gasteiger partial charge in [0.25, 0.3) is 0 Å². The van der Waals surface area contributed by atoms with Gasteiger partial charge in [-0.15, -0.1) is 0 Å². The van der Waals surface area contributed by atoms with Gasteiger partial charge < -0.3 is 14.6 Å². The van der Waals surface area contributed by atoms with E-state index < -0.39 is 40.7 Å². The quantitative estimate of drug-likeness (QED) is 0.773. The molecule has 7 heteroatoms. The lowest BCUT2D eigenvalue weighted by molar-refractivity contribution is -0.188. The van der Waals surface area contributed by atoms with Crippen molar-refractivity contribution in [2.45, 2.75) is 64.7 Å². The smallest absolute Gasteiger partial charge is 0.332 e. The second kappa shape index (κ2) is 7.20. The van der Waals surface area contributed by atoms with E-state index in [1.165, 1.54) is 6.20 Å². The summed E-state index contributed by atoms with van der Waals surface area (Å²) < 4.78 is 11.3. The highest BCUT2D eigenvalue weighted by molar-refractivity contribution is 5.94. The maximum Gasteiger partial charge on any atom is 0.332 e. The van der Waals surface area contributed by atoms with Gasteiger partial charge in [0.05, 0.1) is 6.61 Å². The van der Waals surface area contributed by atoms with E-state index in [0.717, 1.165) is 0 Å². The Hall–Kier alpha value is -1.99. The first-order valence-electron chi connectivity index (χ1n) is 9.11. The van der Waals surface area contributed by atoms with Crippen LogP contribution in [-0.4, -0.2) is 46.4 Å². The summed E-state index contributed by atoms with van der Waals surface area (Å²) in [7, 11) is 0. The number of aromatic nitrogens is 1. The van der Waals surface area contributed by atoms with Crippen molar-refractivity contribution in [1.29, 1.82) is 0 Å². The van der Waals surface area contributed by atoms with Gasteiger partial charge in [-0.05, 0) is 60.6 Å². The largest absolute Gasteiger partial charge is 0.459 e. The second-order valence-corrected chi connectivity index (χ2v) is 8.91. The highest BCUT2D eigenvalue weighted by Gasteiger charge is 2.67. The Bertz CT molecular complexity index is 693. The lowest BCUT2D eigenvalue weighted by atomic mass is 9.67. The summed E-state index contributed by atoms with van der Waals surface area (Å²) >= 11 is 0. The molecule has 0 radical (unpaired) electrons. The summed E-state index contributed by atoms with van der Waals surface area (Å²) in [6.45, 7) is 10.3. The van der Waals surface area contributed by atoms with Crippen LogP contribution >= 0.6 is 0 Å². The van der Waals surface area contributed by atoms with E-state index in [2.05, 4.69) is 10.3 Å². The molecule has 2 N–H and O–H groups in total. The third-order valence-corrected chi connectivity index (χ3v) is 4.52. The number of aliphatic hydroxyl groups excluding tert-OH is 1. The van der Waals surface area contributed by atoms with Crippen molar-refractivity contribution in [3.63, 3.8) is 0 Å². The van der Waals surface area contributed by atoms with Gasteiger partial charge in [-0.2, -0.15) is 0 Å². The summed E-state index contributed by atoms with van der Waals surface area (Å²) in [5.41, 5.74) is -4.20. The molecule has 1 aliphatic heterocycles. The maximum absolute atomic E-state index is 13.4. The molecule has 27 heavy (non-hydrogen) atoms. The Morgan fingerprint density at radius 2 is 1.74 bits per heavy atom. The first-order chi connectivity index (χ1) is 12.4. The minimum Gasteiger partial charge on any atom is -0.459 e. The molecular weight excluding hydrogens is 348 g/mol. The number of rotatable bonds is 4. The lowest BCUT2D eigenvalue weighted by Gasteiger charge is -2.43. The van der Waals surface area contributed by atoms with E-state index in [1.807, 2.05) is 0 Å². The molecule has 0 aliphatic carbocycles. The molecule has 1 saturated heterocycles. The van der Waals surface area contributed by atoms with Gasteiger partial charge in [0.1, 0.15) is 16.6 Å². The van der Waals surface area contributed by atoms with Crippen LogP contribution in [0, 0.1) is 5.41 Å². The molecule has 0 aromatic carbocycles. The van der Waals surface area contributed by atoms with Crippen LogP contribution in [0.5, 0.6) is 0 Å². The number of esters is 2. The lowest BCUT2D eigenvalue weighted by Crippen LogP contribution is -2.62. The van der Waals surface area contributed by atoms with Gasteiger partial charge >= 0.3 is 11.9 Å². The minimum atomic E-state index is -1.59. The predicted octanol–water partition coefficient (Wildman–Crippen LogP) is 1.93. The molecule has 2 rings (SSSR count). The summed E-state index contributed by atoms with van der Waals surface area (Å²) in [5.74, 6) is -1.28. The molecule has 1 fully saturated rings. The van der Waals surface area contributed by atoms with E-state index in [0.29, 0.717) is 12.1 Å². The molecule has 0 amide bonds. The number of carbonyl (C=O) groups excluding carboxylic acids is 2. The van der Waals surface area contributed by atoms with E-state index >= 15 is 0 Å². The molecule has 2 unspecified atom stereocenters. The zero-order chi connectivity index (χ0) is 20.5. The Balaban J connectivity index is 2.66. The zero-order valence-corrected chi connectivity index (χ0v) is 17.0. The molecule has 0 spiro atoms. The highest BCUT2D eigenvalue weighted by atomic mass is 16.6. The van der Waals surface area contributed by atoms with Crippen molar-refractivity contribution in [2.24, 2.45) is 5.41 Å². The van der Waals surface area contributed by atoms with E-state index in [4.69, 9.17) is 9.47 Å². The Labute approximate surface area is 160 Å². The number of hydrogen-bond donors (Lipinski definition) is 2. The van der Waals surface area contributed by atoms with Crippen LogP contribution in [0.3, 0.4) is 0 Å². The second-order valence-electron chi connectivity index (χ2n) is 8.91. The highest BCUT2D eigenvalue weighted by Crippen LogP contribution is 2.49. The summed E-state index contributed by atoms with van der Waals surface area (Å²) in [5, 5.41) is 13.5. The van der Waals surface area contributed by atoms with Crippen LogP contribution in [0.25, 0.3) is 0 Å². The van der Waals surface area contributed by atoms with Crippen LogP contribution in [0.1, 0.15) is 53.5 Å². The molecule has 0 bridgehead atoms. The molecule has 150 valence electrons. The summed E-state index contributed by atoms with van der Waals surface area (Å²) in [6, 6.07) is 3.38. The van der Waals surface area contributed by atoms with Crippen molar-refractivity contribution >= 4 is 11.9 Å². The van der Waals surface area contributed by atoms with Crippen LogP contribution in [0.2, 0.25) is 0 Å². The van der Waals surface area contributed by atoms with Crippen LogP contribution in [0.15, 0.2) is 24.5 Å². The number of pyridine rings is 1. The third-order valence-electron chi connectivity index (χ3n) is 4.52. The number of ether oxygens (including phenoxy) is 2. The average Bonchev–Trinajstić information content (AvgIpc) is 2.94. The molecule has 1 aliphatic rings. The molecular formula is C20H30N2O5. The normalized spacial score (nSPS) is 25.9. The van der Waals surface area contributed by atoms with Crippen molar-refractivity contribution in [1.82, 2.24) is 10.3 Å². The first kappa shape index (κ1) is 21.3. The zero-order valence-electron chi connectivity index (χ0n) is 17.0. The van der Waals surface area contributed by atoms with Crippen molar-refractivity contribution in [3.05, 3.63) is 30.1 Å². The van der Waals surface area contributed by atoms with Crippen molar-refractivity contribution in [2.75, 3.05) is 13.2 Å². The maximum atomic E-state index is 13.4. The first-order valence-corrected chi connectivity index (χ1v) is 9.11. The van der Waals surface area contributed by atoms with Gasteiger partial charge in [0.2, 0.25) is 0 Å². The van der Waals surface area contributed by atoms with Crippen LogP contribution in [0.4, 0.5) is 0 Å². The number of nitrogens with one attached hydrogen (secondary N) is 1. The van der Waals surface area contributed by atoms with Gasteiger partial charge in [-0.3, -0.25) is 15.1 Å². The van der Waals surface area contributed by atoms with Crippen molar-refractivity contribution < 1.29 is 24.2 Å². The van der Waals surface area contributed by atoms with Gasteiger partial charge in [-0.1, -0.05) is 6.07 Å². The summed E-state index contributed by atoms with van der Waals surface area (Å²) in [4.78, 5) is 30.7. The predicted molar refractivity (Wildman–Crippen MR) is 99.7 cm³/mol. The fourth-order valence-electron chi connectivity index (χ4n) is 3.42. The number of aliphatic hydroxyl groups is 1. The molecule has 1 aromatic heterocycles. The fraction of sp³-hybridized carbons (Fsp3) is 0.650. The van der Waals surface area contributed by atoms with Gasteiger partial charge in [0, 0.05) is 18.0 Å². The molecule has 7 nitrogen and oxygen atoms in total. The Morgan fingerprint density at radius 1 is 1.15 bits per heavy atom. The number of hydrogen-bond acceptors (Lipinski definition) is 7. The molecule has 2 heterocycles. The van der Waals surface area contributed by atoms with E-state index in [9.17, 15) is 14.7 Å². The third kappa shape index (κ3) is 3.99. The number of nitrogens with zero attached hydrogens (tertiary/aromatic N) is 1. The van der Waals surface area contributed by atoms with Gasteiger partial charge in [-0.25, -0.2) is 4.79 Å². The Morgan fingerprint density at radius 3 is 2.22 bits per heavy atom. The topological polar surface area (TPSA) is 97.8 Å². The van der Waals surface area contributed by atoms with Crippen LogP contribution in [-0.2, 0) is 24.6 Å². The van der Waals surface area contributed by atoms with E-state index in [-0.39, 0.29) is 6.42 Å². The van der Waals surface area contributed by atoms with Gasteiger partial charge in [0.15, 0.2) is 5.54 Å². The van der Waals surface area contributed by atoms with Crippen LogP contribution < -0.4 is 5.32 Å². The minimum absolute atomic E-state index is 0.229. The van der Waals surface area contributed by atoms with E-state index in [1.54, 1.807) is 59.9 Å². The monoisotopic (exact) mass is 378 g/mol. The molecule has 1 aromatic rings. The standard InChI is InChI=1S/C20H30N2O5/c1-17(2,3)26-15(24)19(13-23)9-11-22-20(19,14-8-7-10-21-12-14)16(25)27-18(4,5)6/h7-8,10,12,22-23H,9,11,13H2,1-6H3. The average molecular weight is 378 g/mol. The SMILES string of the molecule is CC(C)(C)OC(=O)C1(CO)CCNC1(C(=O)OC(C)(C)C)c1cccnc1. The fourth-order valence-corrected chi connectivity index (χ4v) is 3.42.